The van der Waals surface area contributed by atoms with Crippen LogP contribution in [-0.2, 0) is 36.9 Å². The summed E-state index contributed by atoms with van der Waals surface area (Å²) < 4.78 is 46.0. The lowest BCUT2D eigenvalue weighted by atomic mass is 9.82. The Balaban J connectivity index is 1.20. The number of hydrogen-bond donors (Lipinski definition) is 2. The van der Waals surface area contributed by atoms with E-state index in [1.165, 1.54) is 0 Å². The molecular formula is C45H55N7O7. The summed E-state index contributed by atoms with van der Waals surface area (Å²) in [7, 11) is 3.28. The molecule has 5 aromatic rings. The molecule has 3 N–H and O–H groups in total. The number of nitrogens with zero attached hydrogens (tertiary/aromatic N) is 5. The van der Waals surface area contributed by atoms with E-state index in [-0.39, 0.29) is 37.2 Å². The van der Waals surface area contributed by atoms with E-state index in [4.69, 9.17) is 43.9 Å². The van der Waals surface area contributed by atoms with E-state index in [0.29, 0.717) is 25.5 Å². The smallest absolute Gasteiger partial charge is 0.178 e. The average Bonchev–Trinajstić information content (AvgIpc) is 3.66. The Labute approximate surface area is 345 Å². The molecule has 14 heteroatoms. The molecule has 59 heavy (non-hydrogen) atoms. The maximum absolute atomic E-state index is 10.1. The van der Waals surface area contributed by atoms with E-state index in [0.717, 1.165) is 50.5 Å². The number of fused-ring (bicyclic) bond motifs is 1. The van der Waals surface area contributed by atoms with Gasteiger partial charge in [-0.15, -0.1) is 0 Å². The van der Waals surface area contributed by atoms with Crippen molar-refractivity contribution in [2.24, 2.45) is 17.0 Å². The van der Waals surface area contributed by atoms with Crippen molar-refractivity contribution in [3.05, 3.63) is 124 Å². The molecule has 0 radical (unpaired) electrons. The third-order valence-electron chi connectivity index (χ3n) is 11.7. The van der Waals surface area contributed by atoms with Gasteiger partial charge in [0.2, 0.25) is 0 Å². The second-order valence-electron chi connectivity index (χ2n) is 15.6. The topological polar surface area (TPSA) is 169 Å². The van der Waals surface area contributed by atoms with Gasteiger partial charge in [-0.25, -0.2) is 4.98 Å². The molecule has 2 aliphatic heterocycles. The van der Waals surface area contributed by atoms with Crippen LogP contribution in [0.5, 0.6) is 11.5 Å². The zero-order valence-corrected chi connectivity index (χ0v) is 34.6. The van der Waals surface area contributed by atoms with Crippen LogP contribution in [0, 0.1) is 25.7 Å². The van der Waals surface area contributed by atoms with Gasteiger partial charge in [0.15, 0.2) is 6.29 Å². The number of nitrogens with two attached hydrogens (primary N) is 1. The summed E-state index contributed by atoms with van der Waals surface area (Å²) in [4.78, 5) is 8.07. The first kappa shape index (κ1) is 41.8. The highest BCUT2D eigenvalue weighted by molar-refractivity contribution is 5.76. The number of nitrogens with one attached hydrogen (secondary N) is 1. The van der Waals surface area contributed by atoms with Crippen LogP contribution in [0.1, 0.15) is 42.1 Å². The number of methoxy groups -OCH3 is 2. The van der Waals surface area contributed by atoms with Crippen LogP contribution in [0.4, 0.5) is 11.4 Å². The number of azide groups is 1. The fraction of sp³-hybridized carbons (Fsp3) is 0.444. The van der Waals surface area contributed by atoms with Gasteiger partial charge >= 0.3 is 0 Å². The van der Waals surface area contributed by atoms with Crippen LogP contribution in [0.25, 0.3) is 21.5 Å². The minimum absolute atomic E-state index is 0.0286. The largest absolute Gasteiger partial charge is 0.497 e. The number of benzene rings is 4. The Bertz CT molecular complexity index is 2190. The molecule has 0 spiro atoms. The number of imidazole rings is 1. The SMILES string of the molecule is COc1ccc(COCC2O[C@@H](O[C@@H]3C(n4cnc5cc(C)ccc54)COC(COCc4ccc(OC)cc4)[C@@H]3N=[N+]=[N-])C(Nc3ccc(C)cc3N)[C@@H](C)[C@H]2C)cc1. The molecule has 2 aliphatic rings. The maximum atomic E-state index is 10.1. The third-order valence-corrected chi connectivity index (χ3v) is 11.7. The van der Waals surface area contributed by atoms with E-state index in [1.54, 1.807) is 20.5 Å². The second kappa shape index (κ2) is 19.2. The summed E-state index contributed by atoms with van der Waals surface area (Å²) in [6.45, 7) is 9.89. The molecule has 0 bridgehead atoms. The van der Waals surface area contributed by atoms with Crippen molar-refractivity contribution in [1.29, 1.82) is 0 Å². The van der Waals surface area contributed by atoms with Crippen LogP contribution in [0.15, 0.2) is 96.4 Å². The molecule has 14 nitrogen and oxygen atoms in total. The number of anilines is 2. The molecule has 7 rings (SSSR count). The number of nitrogen functional groups attached to an aromatic ring is 1. The number of ether oxygens (including phenoxy) is 7. The molecule has 9 atom stereocenters. The second-order valence-corrected chi connectivity index (χ2v) is 15.6. The maximum Gasteiger partial charge on any atom is 0.178 e. The molecular weight excluding hydrogens is 751 g/mol. The van der Waals surface area contributed by atoms with Crippen molar-refractivity contribution >= 4 is 22.4 Å². The van der Waals surface area contributed by atoms with Crippen molar-refractivity contribution in [1.82, 2.24) is 9.55 Å². The van der Waals surface area contributed by atoms with Gasteiger partial charge < -0.3 is 48.8 Å². The first-order chi connectivity index (χ1) is 28.6. The highest BCUT2D eigenvalue weighted by atomic mass is 16.7. The summed E-state index contributed by atoms with van der Waals surface area (Å²) in [5.41, 5.74) is 23.9. The minimum atomic E-state index is -0.823. The first-order valence-corrected chi connectivity index (χ1v) is 20.1. The highest BCUT2D eigenvalue weighted by Gasteiger charge is 2.48. The van der Waals surface area contributed by atoms with Gasteiger partial charge in [0.1, 0.15) is 11.5 Å². The summed E-state index contributed by atoms with van der Waals surface area (Å²) in [6.07, 6.45) is -0.688. The minimum Gasteiger partial charge on any atom is -0.497 e. The number of aromatic nitrogens is 2. The van der Waals surface area contributed by atoms with E-state index >= 15 is 0 Å². The molecule has 0 saturated carbocycles. The summed E-state index contributed by atoms with van der Waals surface area (Å²) in [5, 5.41) is 8.07. The van der Waals surface area contributed by atoms with Gasteiger partial charge in [-0.05, 0) is 102 Å². The Morgan fingerprint density at radius 2 is 1.47 bits per heavy atom. The molecule has 3 heterocycles. The number of hydrogen-bond acceptors (Lipinski definition) is 11. The average molecular weight is 806 g/mol. The third kappa shape index (κ3) is 9.76. The molecule has 4 aromatic carbocycles. The highest BCUT2D eigenvalue weighted by Crippen LogP contribution is 2.39. The van der Waals surface area contributed by atoms with Crippen molar-refractivity contribution in [2.45, 2.75) is 83.6 Å². The number of aryl methyl sites for hydroxylation is 2. The van der Waals surface area contributed by atoms with Crippen molar-refractivity contribution in [2.75, 3.05) is 45.1 Å². The summed E-state index contributed by atoms with van der Waals surface area (Å²) in [6, 6.07) is 26.0. The van der Waals surface area contributed by atoms with Crippen LogP contribution >= 0.6 is 0 Å². The standard InChI is InChI=1S/C45H55N7O7/c1-27-7-17-36(35(46)19-27)49-42-30(4)29(3)40(24-55-21-31-9-13-33(53-5)14-10-31)58-45(42)59-44-39(52-26-48-37-20-28(2)8-18-38(37)52)23-57-41(43(44)50-51-47)25-56-22-32-11-15-34(54-6)16-12-32/h7-20,26,29-30,39-45,49H,21-25,46H2,1-6H3/t29-,30+,39?,40?,41?,42?,43+,44-,45+/m1/s1. The van der Waals surface area contributed by atoms with Gasteiger partial charge in [0, 0.05) is 4.91 Å². The Kier molecular flexibility index (Phi) is 13.6. The zero-order chi connectivity index (χ0) is 41.5. The van der Waals surface area contributed by atoms with Crippen LogP contribution in [0.3, 0.4) is 0 Å². The fourth-order valence-corrected chi connectivity index (χ4v) is 8.00. The monoisotopic (exact) mass is 805 g/mol. The van der Waals surface area contributed by atoms with Gasteiger partial charge in [-0.2, -0.15) is 0 Å². The molecule has 4 unspecified atom stereocenters. The molecule has 0 aliphatic carbocycles. The van der Waals surface area contributed by atoms with Gasteiger partial charge in [0.05, 0.1) is 112 Å². The Morgan fingerprint density at radius 3 is 2.10 bits per heavy atom. The van der Waals surface area contributed by atoms with E-state index in [2.05, 4.69) is 39.8 Å². The predicted molar refractivity (Wildman–Crippen MR) is 226 cm³/mol. The quantitative estimate of drug-likeness (QED) is 0.0429. The van der Waals surface area contributed by atoms with Crippen molar-refractivity contribution in [3.8, 4) is 11.5 Å². The molecule has 312 valence electrons. The summed E-state index contributed by atoms with van der Waals surface area (Å²) >= 11 is 0. The fourth-order valence-electron chi connectivity index (χ4n) is 8.00. The van der Waals surface area contributed by atoms with Crippen LogP contribution in [0.2, 0.25) is 0 Å². The molecule has 1 aromatic heterocycles. The Morgan fingerprint density at radius 1 is 0.847 bits per heavy atom. The van der Waals surface area contributed by atoms with Gasteiger partial charge in [-0.1, -0.05) is 55.4 Å². The zero-order valence-electron chi connectivity index (χ0n) is 34.6. The normalized spacial score (nSPS) is 25.6. The molecule has 0 amide bonds. The molecule has 2 saturated heterocycles. The Hall–Kier alpha value is -5.34. The van der Waals surface area contributed by atoms with Crippen LogP contribution < -0.4 is 20.5 Å². The lowest BCUT2D eigenvalue weighted by molar-refractivity contribution is -0.273. The number of rotatable bonds is 16. The lowest BCUT2D eigenvalue weighted by Crippen LogP contribution is -2.59. The van der Waals surface area contributed by atoms with Crippen LogP contribution in [-0.4, -0.2) is 80.3 Å². The lowest BCUT2D eigenvalue weighted by Gasteiger charge is -2.49. The predicted octanol–water partition coefficient (Wildman–Crippen LogP) is 8.17. The van der Waals surface area contributed by atoms with Crippen molar-refractivity contribution in [3.63, 3.8) is 0 Å². The van der Waals surface area contributed by atoms with Gasteiger partial charge in [-0.3, -0.25) is 0 Å². The van der Waals surface area contributed by atoms with E-state index in [1.807, 2.05) is 92.7 Å². The first-order valence-electron chi connectivity index (χ1n) is 20.1. The summed E-state index contributed by atoms with van der Waals surface area (Å²) in [5.74, 6) is 1.64. The van der Waals surface area contributed by atoms with E-state index in [9.17, 15) is 5.53 Å². The van der Waals surface area contributed by atoms with Crippen molar-refractivity contribution < 1.29 is 33.2 Å². The molecule has 2 fully saturated rings. The van der Waals surface area contributed by atoms with Gasteiger partial charge in [0.25, 0.3) is 0 Å². The van der Waals surface area contributed by atoms with E-state index < -0.39 is 30.6 Å².